The molecule has 86 valence electrons. The molecule has 3 N–H and O–H groups in total. The van der Waals surface area contributed by atoms with Gasteiger partial charge in [0.15, 0.2) is 0 Å². The lowest BCUT2D eigenvalue weighted by Crippen LogP contribution is -2.42. The fraction of sp³-hybridized carbons (Fsp3) is 0.462. The molecule has 1 heterocycles. The van der Waals surface area contributed by atoms with Crippen molar-refractivity contribution in [2.75, 3.05) is 13.1 Å². The number of carbonyl (C=O) groups is 1. The Morgan fingerprint density at radius 3 is 2.81 bits per heavy atom. The molecule has 3 nitrogen and oxygen atoms in total. The van der Waals surface area contributed by atoms with Crippen LogP contribution < -0.4 is 11.1 Å². The molecule has 1 aromatic carbocycles. The van der Waals surface area contributed by atoms with Crippen LogP contribution in [-0.4, -0.2) is 19.0 Å². The molecule has 0 bridgehead atoms. The van der Waals surface area contributed by atoms with Crippen molar-refractivity contribution in [3.05, 3.63) is 35.4 Å². The molecule has 1 aromatic rings. The maximum absolute atomic E-state index is 11.4. The van der Waals surface area contributed by atoms with Crippen molar-refractivity contribution < 1.29 is 4.79 Å². The standard InChI is InChI=1S/C13H18N2O/c1-13(7-4-8-15-9-13)11-6-3-2-5-10(11)12(14)16/h2-3,5-6,15H,4,7-9H2,1H3,(H2,14,16). The number of nitrogens with two attached hydrogens (primary N) is 1. The van der Waals surface area contributed by atoms with E-state index in [0.717, 1.165) is 31.5 Å². The number of piperidine rings is 1. The van der Waals surface area contributed by atoms with Crippen molar-refractivity contribution in [2.24, 2.45) is 5.73 Å². The molecule has 1 atom stereocenters. The van der Waals surface area contributed by atoms with Crippen LogP contribution in [0.3, 0.4) is 0 Å². The Bertz CT molecular complexity index is 395. The van der Waals surface area contributed by atoms with Gasteiger partial charge in [0.1, 0.15) is 0 Å². The lowest BCUT2D eigenvalue weighted by molar-refractivity contribution is 0.0997. The van der Waals surface area contributed by atoms with E-state index in [4.69, 9.17) is 5.73 Å². The van der Waals surface area contributed by atoms with Crippen LogP contribution in [0.1, 0.15) is 35.7 Å². The van der Waals surface area contributed by atoms with Crippen molar-refractivity contribution in [1.82, 2.24) is 5.32 Å². The summed E-state index contributed by atoms with van der Waals surface area (Å²) < 4.78 is 0. The Kier molecular flexibility index (Phi) is 2.97. The first-order valence-corrected chi connectivity index (χ1v) is 5.73. The van der Waals surface area contributed by atoms with E-state index in [1.54, 1.807) is 0 Å². The van der Waals surface area contributed by atoms with Gasteiger partial charge < -0.3 is 11.1 Å². The van der Waals surface area contributed by atoms with E-state index in [1.807, 2.05) is 24.3 Å². The van der Waals surface area contributed by atoms with Crippen LogP contribution in [0, 0.1) is 0 Å². The minimum absolute atomic E-state index is 0.0316. The lowest BCUT2D eigenvalue weighted by Gasteiger charge is -2.35. The topological polar surface area (TPSA) is 55.1 Å². The molecule has 2 rings (SSSR count). The predicted octanol–water partition coefficient (Wildman–Crippen LogP) is 1.43. The first kappa shape index (κ1) is 11.1. The largest absolute Gasteiger partial charge is 0.366 e. The van der Waals surface area contributed by atoms with Gasteiger partial charge in [-0.1, -0.05) is 25.1 Å². The molecule has 0 aliphatic carbocycles. The summed E-state index contributed by atoms with van der Waals surface area (Å²) >= 11 is 0. The first-order chi connectivity index (χ1) is 7.63. The van der Waals surface area contributed by atoms with Crippen LogP contribution in [0.25, 0.3) is 0 Å². The van der Waals surface area contributed by atoms with E-state index in [0.29, 0.717) is 5.56 Å². The number of carbonyl (C=O) groups excluding carboxylic acids is 1. The highest BCUT2D eigenvalue weighted by molar-refractivity contribution is 5.94. The van der Waals surface area contributed by atoms with Crippen molar-refractivity contribution in [3.63, 3.8) is 0 Å². The number of nitrogens with one attached hydrogen (secondary N) is 1. The van der Waals surface area contributed by atoms with E-state index < -0.39 is 0 Å². The van der Waals surface area contributed by atoms with E-state index in [-0.39, 0.29) is 11.3 Å². The summed E-state index contributed by atoms with van der Waals surface area (Å²) in [6, 6.07) is 7.68. The summed E-state index contributed by atoms with van der Waals surface area (Å²) in [5.41, 5.74) is 7.19. The van der Waals surface area contributed by atoms with Gasteiger partial charge in [0.05, 0.1) is 0 Å². The minimum atomic E-state index is -0.331. The molecule has 3 heteroatoms. The van der Waals surface area contributed by atoms with E-state index in [9.17, 15) is 4.79 Å². The molecule has 1 saturated heterocycles. The predicted molar refractivity (Wildman–Crippen MR) is 64.4 cm³/mol. The number of hydrogen-bond donors (Lipinski definition) is 2. The van der Waals surface area contributed by atoms with Crippen molar-refractivity contribution >= 4 is 5.91 Å². The molecule has 1 amide bonds. The van der Waals surface area contributed by atoms with E-state index >= 15 is 0 Å². The van der Waals surface area contributed by atoms with Crippen LogP contribution in [0.15, 0.2) is 24.3 Å². The maximum atomic E-state index is 11.4. The lowest BCUT2D eigenvalue weighted by atomic mass is 9.74. The van der Waals surface area contributed by atoms with Gasteiger partial charge in [-0.05, 0) is 31.0 Å². The summed E-state index contributed by atoms with van der Waals surface area (Å²) in [5, 5.41) is 3.39. The highest BCUT2D eigenvalue weighted by Crippen LogP contribution is 2.32. The van der Waals surface area contributed by atoms with Crippen molar-refractivity contribution in [2.45, 2.75) is 25.2 Å². The second kappa shape index (κ2) is 4.26. The van der Waals surface area contributed by atoms with Gasteiger partial charge in [0.2, 0.25) is 5.91 Å². The van der Waals surface area contributed by atoms with Gasteiger partial charge in [-0.25, -0.2) is 0 Å². The highest BCUT2D eigenvalue weighted by Gasteiger charge is 2.31. The van der Waals surface area contributed by atoms with Crippen LogP contribution in [0.2, 0.25) is 0 Å². The number of primary amides is 1. The second-order valence-corrected chi connectivity index (χ2v) is 4.75. The molecule has 0 aromatic heterocycles. The fourth-order valence-electron chi connectivity index (χ4n) is 2.51. The van der Waals surface area contributed by atoms with Gasteiger partial charge in [0.25, 0.3) is 0 Å². The third-order valence-corrected chi connectivity index (χ3v) is 3.44. The Labute approximate surface area is 96.0 Å². The first-order valence-electron chi connectivity index (χ1n) is 5.73. The molecular formula is C13H18N2O. The summed E-state index contributed by atoms with van der Waals surface area (Å²) in [4.78, 5) is 11.4. The summed E-state index contributed by atoms with van der Waals surface area (Å²) in [5.74, 6) is -0.331. The van der Waals surface area contributed by atoms with Crippen LogP contribution in [0.5, 0.6) is 0 Å². The minimum Gasteiger partial charge on any atom is -0.366 e. The van der Waals surface area contributed by atoms with E-state index in [1.165, 1.54) is 0 Å². The van der Waals surface area contributed by atoms with Gasteiger partial charge >= 0.3 is 0 Å². The molecule has 1 aliphatic rings. The summed E-state index contributed by atoms with van der Waals surface area (Å²) in [7, 11) is 0. The third-order valence-electron chi connectivity index (χ3n) is 3.44. The van der Waals surface area contributed by atoms with E-state index in [2.05, 4.69) is 12.2 Å². The van der Waals surface area contributed by atoms with Gasteiger partial charge in [-0.3, -0.25) is 4.79 Å². The molecular weight excluding hydrogens is 200 g/mol. The normalized spacial score (nSPS) is 25.3. The van der Waals surface area contributed by atoms with Gasteiger partial charge in [-0.15, -0.1) is 0 Å². The molecule has 0 radical (unpaired) electrons. The molecule has 16 heavy (non-hydrogen) atoms. The third kappa shape index (κ3) is 1.95. The average molecular weight is 218 g/mol. The maximum Gasteiger partial charge on any atom is 0.248 e. The number of rotatable bonds is 2. The molecule has 1 fully saturated rings. The van der Waals surface area contributed by atoms with Crippen LogP contribution >= 0.6 is 0 Å². The summed E-state index contributed by atoms with van der Waals surface area (Å²) in [6.45, 7) is 4.17. The zero-order chi connectivity index (χ0) is 11.6. The number of benzene rings is 1. The molecule has 0 saturated carbocycles. The monoisotopic (exact) mass is 218 g/mol. The SMILES string of the molecule is CC1(c2ccccc2C(N)=O)CCCNC1. The molecule has 1 unspecified atom stereocenters. The number of hydrogen-bond acceptors (Lipinski definition) is 2. The van der Waals surface area contributed by atoms with Crippen LogP contribution in [-0.2, 0) is 5.41 Å². The van der Waals surface area contributed by atoms with Crippen molar-refractivity contribution in [3.8, 4) is 0 Å². The Morgan fingerprint density at radius 2 is 2.19 bits per heavy atom. The Balaban J connectivity index is 2.42. The zero-order valence-corrected chi connectivity index (χ0v) is 9.62. The average Bonchev–Trinajstić information content (AvgIpc) is 2.30. The highest BCUT2D eigenvalue weighted by atomic mass is 16.1. The number of amides is 1. The quantitative estimate of drug-likeness (QED) is 0.789. The fourth-order valence-corrected chi connectivity index (χ4v) is 2.51. The van der Waals surface area contributed by atoms with Crippen LogP contribution in [0.4, 0.5) is 0 Å². The van der Waals surface area contributed by atoms with Gasteiger partial charge in [-0.2, -0.15) is 0 Å². The van der Waals surface area contributed by atoms with Gasteiger partial charge in [0, 0.05) is 17.5 Å². The summed E-state index contributed by atoms with van der Waals surface area (Å²) in [6.07, 6.45) is 2.24. The Hall–Kier alpha value is -1.35. The molecule has 1 aliphatic heterocycles. The Morgan fingerprint density at radius 1 is 1.44 bits per heavy atom. The molecule has 0 spiro atoms. The smallest absolute Gasteiger partial charge is 0.248 e. The zero-order valence-electron chi connectivity index (χ0n) is 9.62. The second-order valence-electron chi connectivity index (χ2n) is 4.75. The van der Waals surface area contributed by atoms with Crippen molar-refractivity contribution in [1.29, 1.82) is 0 Å².